The van der Waals surface area contributed by atoms with Gasteiger partial charge in [0.2, 0.25) is 0 Å². The zero-order valence-electron chi connectivity index (χ0n) is 14.9. The highest BCUT2D eigenvalue weighted by atomic mass is 16.4. The normalized spacial score (nSPS) is 13.1. The Morgan fingerprint density at radius 1 is 0.870 bits per heavy atom. The molecule has 0 spiro atoms. The Labute approximate surface area is 142 Å². The Morgan fingerprint density at radius 2 is 1.39 bits per heavy atom. The van der Waals surface area contributed by atoms with E-state index in [1.54, 1.807) is 0 Å². The summed E-state index contributed by atoms with van der Waals surface area (Å²) in [5.74, 6) is -0.683. The summed E-state index contributed by atoms with van der Waals surface area (Å²) in [6.45, 7) is 2.10. The van der Waals surface area contributed by atoms with Crippen molar-refractivity contribution in [2.45, 2.75) is 96.5 Å². The quantitative estimate of drug-likeness (QED) is 0.285. The van der Waals surface area contributed by atoms with Crippen LogP contribution in [0.2, 0.25) is 0 Å². The monoisotopic (exact) mass is 324 g/mol. The van der Waals surface area contributed by atoms with E-state index < -0.39 is 5.97 Å². The molecule has 0 aliphatic carbocycles. The maximum Gasteiger partial charge on any atom is 0.303 e. The van der Waals surface area contributed by atoms with Gasteiger partial charge >= 0.3 is 5.97 Å². The van der Waals surface area contributed by atoms with Crippen LogP contribution < -0.4 is 0 Å². The molecule has 1 unspecified atom stereocenters. The van der Waals surface area contributed by atoms with Gasteiger partial charge in [-0.15, -0.1) is 0 Å². The van der Waals surface area contributed by atoms with Crippen LogP contribution in [0.3, 0.4) is 0 Å². The van der Waals surface area contributed by atoms with E-state index in [4.69, 9.17) is 5.11 Å². The number of aliphatic hydroxyl groups is 1. The highest BCUT2D eigenvalue weighted by Gasteiger charge is 1.97. The third-order valence-electron chi connectivity index (χ3n) is 3.87. The summed E-state index contributed by atoms with van der Waals surface area (Å²) in [6, 6.07) is 0. The van der Waals surface area contributed by atoms with E-state index >= 15 is 0 Å². The lowest BCUT2D eigenvalue weighted by molar-refractivity contribution is -0.137. The minimum Gasteiger partial charge on any atom is -0.481 e. The van der Waals surface area contributed by atoms with Crippen molar-refractivity contribution in [1.29, 1.82) is 0 Å². The van der Waals surface area contributed by atoms with Gasteiger partial charge in [0.1, 0.15) is 0 Å². The summed E-state index contributed by atoms with van der Waals surface area (Å²) in [5.41, 5.74) is 0. The third-order valence-corrected chi connectivity index (χ3v) is 3.87. The smallest absolute Gasteiger partial charge is 0.303 e. The molecule has 134 valence electrons. The summed E-state index contributed by atoms with van der Waals surface area (Å²) in [6.07, 6.45) is 21.6. The van der Waals surface area contributed by atoms with Crippen LogP contribution in [0.4, 0.5) is 0 Å². The van der Waals surface area contributed by atoms with Crippen molar-refractivity contribution in [3.05, 3.63) is 24.3 Å². The molecule has 0 saturated heterocycles. The lowest BCUT2D eigenvalue weighted by Crippen LogP contribution is -2.02. The maximum atomic E-state index is 10.3. The van der Waals surface area contributed by atoms with E-state index in [-0.39, 0.29) is 6.10 Å². The number of unbranched alkanes of at least 4 members (excludes halogenated alkanes) is 7. The highest BCUT2D eigenvalue weighted by molar-refractivity contribution is 5.66. The van der Waals surface area contributed by atoms with Gasteiger partial charge in [-0.2, -0.15) is 0 Å². The Kier molecular flexibility index (Phi) is 16.4. The predicted octanol–water partition coefficient (Wildman–Crippen LogP) is 5.64. The minimum absolute atomic E-state index is 0.164. The molecule has 0 aromatic rings. The second kappa shape index (κ2) is 17.3. The second-order valence-electron chi connectivity index (χ2n) is 6.25. The molecule has 23 heavy (non-hydrogen) atoms. The van der Waals surface area contributed by atoms with E-state index in [1.165, 1.54) is 19.3 Å². The van der Waals surface area contributed by atoms with E-state index in [1.807, 2.05) is 0 Å². The summed E-state index contributed by atoms with van der Waals surface area (Å²) in [7, 11) is 0. The second-order valence-corrected chi connectivity index (χ2v) is 6.25. The van der Waals surface area contributed by atoms with Gasteiger partial charge < -0.3 is 10.2 Å². The maximum absolute atomic E-state index is 10.3. The lowest BCUT2D eigenvalue weighted by atomic mass is 10.1. The van der Waals surface area contributed by atoms with Crippen molar-refractivity contribution in [2.75, 3.05) is 0 Å². The number of aliphatic carboxylic acids is 1. The van der Waals surface area contributed by atoms with E-state index in [2.05, 4.69) is 31.2 Å². The first-order chi connectivity index (χ1) is 11.2. The number of carboxylic acid groups (broad SMARTS) is 1. The molecule has 0 heterocycles. The summed E-state index contributed by atoms with van der Waals surface area (Å²) in [5, 5.41) is 18.1. The first-order valence-corrected chi connectivity index (χ1v) is 9.36. The Morgan fingerprint density at radius 3 is 1.96 bits per heavy atom. The molecule has 0 aromatic heterocycles. The number of aliphatic hydroxyl groups excluding tert-OH is 1. The van der Waals surface area contributed by atoms with Crippen LogP contribution in [0.15, 0.2) is 24.3 Å². The van der Waals surface area contributed by atoms with Crippen LogP contribution in [0.1, 0.15) is 90.4 Å². The molecular weight excluding hydrogens is 288 g/mol. The molecule has 0 aliphatic heterocycles. The first-order valence-electron chi connectivity index (χ1n) is 9.36. The van der Waals surface area contributed by atoms with Gasteiger partial charge in [0.25, 0.3) is 0 Å². The highest BCUT2D eigenvalue weighted by Crippen LogP contribution is 2.08. The van der Waals surface area contributed by atoms with Crippen molar-refractivity contribution in [3.63, 3.8) is 0 Å². The van der Waals surface area contributed by atoms with E-state index in [0.717, 1.165) is 57.8 Å². The molecule has 2 N–H and O–H groups in total. The van der Waals surface area contributed by atoms with Crippen LogP contribution >= 0.6 is 0 Å². The fourth-order valence-corrected chi connectivity index (χ4v) is 2.47. The molecule has 0 aliphatic rings. The molecule has 0 saturated carbocycles. The topological polar surface area (TPSA) is 57.5 Å². The van der Waals surface area contributed by atoms with E-state index in [0.29, 0.717) is 6.42 Å². The molecule has 0 radical (unpaired) electrons. The van der Waals surface area contributed by atoms with Gasteiger partial charge in [-0.3, -0.25) is 4.79 Å². The van der Waals surface area contributed by atoms with Gasteiger partial charge in [0, 0.05) is 6.42 Å². The van der Waals surface area contributed by atoms with E-state index in [9.17, 15) is 9.90 Å². The van der Waals surface area contributed by atoms with Gasteiger partial charge in [0.05, 0.1) is 6.10 Å². The Balaban J connectivity index is 3.25. The van der Waals surface area contributed by atoms with Crippen LogP contribution in [-0.4, -0.2) is 22.3 Å². The van der Waals surface area contributed by atoms with Crippen LogP contribution in [0.25, 0.3) is 0 Å². The lowest BCUT2D eigenvalue weighted by Gasteiger charge is -2.04. The molecule has 3 nitrogen and oxygen atoms in total. The number of rotatable bonds is 16. The number of allylic oxidation sites excluding steroid dienone is 3. The fraction of sp³-hybridized carbons (Fsp3) is 0.750. The molecule has 3 heteroatoms. The van der Waals surface area contributed by atoms with Crippen LogP contribution in [-0.2, 0) is 4.79 Å². The fourth-order valence-electron chi connectivity index (χ4n) is 2.47. The SMILES string of the molecule is CCCC(O)CC=CCCCCC=CCCCCCCC(=O)O. The van der Waals surface area contributed by atoms with Crippen molar-refractivity contribution in [2.24, 2.45) is 0 Å². The number of hydrogen-bond acceptors (Lipinski definition) is 2. The average Bonchev–Trinajstić information content (AvgIpc) is 2.51. The van der Waals surface area contributed by atoms with Gasteiger partial charge in [-0.25, -0.2) is 0 Å². The van der Waals surface area contributed by atoms with Crippen molar-refractivity contribution in [3.8, 4) is 0 Å². The number of carbonyl (C=O) groups is 1. The molecule has 0 amide bonds. The van der Waals surface area contributed by atoms with Crippen molar-refractivity contribution >= 4 is 5.97 Å². The van der Waals surface area contributed by atoms with Gasteiger partial charge in [-0.1, -0.05) is 50.5 Å². The first kappa shape index (κ1) is 21.9. The average molecular weight is 325 g/mol. The van der Waals surface area contributed by atoms with Gasteiger partial charge in [-0.05, 0) is 57.8 Å². The van der Waals surface area contributed by atoms with Crippen molar-refractivity contribution < 1.29 is 15.0 Å². The number of carboxylic acids is 1. The summed E-state index contributed by atoms with van der Waals surface area (Å²) < 4.78 is 0. The Bertz CT molecular complexity index is 321. The molecule has 0 aromatic carbocycles. The summed E-state index contributed by atoms with van der Waals surface area (Å²) in [4.78, 5) is 10.3. The standard InChI is InChI=1S/C20H36O3/c1-2-16-19(21)17-14-12-10-8-6-4-3-5-7-9-11-13-15-18-20(22)23/h3,5,12,14,19,21H,2,4,6-11,13,15-18H2,1H3,(H,22,23). The molecule has 0 rings (SSSR count). The number of hydrogen-bond donors (Lipinski definition) is 2. The van der Waals surface area contributed by atoms with Crippen molar-refractivity contribution in [1.82, 2.24) is 0 Å². The van der Waals surface area contributed by atoms with Crippen LogP contribution in [0.5, 0.6) is 0 Å². The Hall–Kier alpha value is -1.09. The summed E-state index contributed by atoms with van der Waals surface area (Å²) >= 11 is 0. The zero-order chi connectivity index (χ0) is 17.2. The minimum atomic E-state index is -0.683. The molecule has 0 bridgehead atoms. The molecule has 0 fully saturated rings. The molecular formula is C20H36O3. The molecule has 1 atom stereocenters. The largest absolute Gasteiger partial charge is 0.481 e. The van der Waals surface area contributed by atoms with Gasteiger partial charge in [0.15, 0.2) is 0 Å². The third kappa shape index (κ3) is 18.9. The predicted molar refractivity (Wildman–Crippen MR) is 97.6 cm³/mol. The zero-order valence-corrected chi connectivity index (χ0v) is 14.9. The van der Waals surface area contributed by atoms with Crippen LogP contribution in [0, 0.1) is 0 Å².